The first-order valence-corrected chi connectivity index (χ1v) is 12.9. The van der Waals surface area contributed by atoms with Gasteiger partial charge in [-0.1, -0.05) is 31.5 Å². The van der Waals surface area contributed by atoms with E-state index in [1.807, 2.05) is 22.7 Å². The Hall–Kier alpha value is -2.77. The molecule has 7 heteroatoms. The fourth-order valence-electron chi connectivity index (χ4n) is 4.80. The maximum atomic E-state index is 13.7. The first-order valence-electron chi connectivity index (χ1n) is 12.9. The number of carbonyl (C=O) groups excluding carboxylic acids is 1. The third-order valence-corrected chi connectivity index (χ3v) is 6.91. The summed E-state index contributed by atoms with van der Waals surface area (Å²) in [5.41, 5.74) is 4.49. The molecule has 1 aliphatic rings. The monoisotopic (exact) mass is 477 g/mol. The van der Waals surface area contributed by atoms with E-state index < -0.39 is 0 Å². The van der Waals surface area contributed by atoms with Gasteiger partial charge in [-0.15, -0.1) is 0 Å². The summed E-state index contributed by atoms with van der Waals surface area (Å²) < 4.78 is 7.42. The Bertz CT molecular complexity index is 1150. The van der Waals surface area contributed by atoms with Crippen molar-refractivity contribution in [3.63, 3.8) is 0 Å². The van der Waals surface area contributed by atoms with E-state index in [-0.39, 0.29) is 18.0 Å². The zero-order valence-corrected chi connectivity index (χ0v) is 21.8. The van der Waals surface area contributed by atoms with Crippen molar-refractivity contribution in [2.24, 2.45) is 0 Å². The zero-order valence-electron chi connectivity index (χ0n) is 21.8. The summed E-state index contributed by atoms with van der Waals surface area (Å²) in [6, 6.07) is 10.8. The van der Waals surface area contributed by atoms with Gasteiger partial charge in [0.1, 0.15) is 0 Å². The number of hydrogen-bond acceptors (Lipinski definition) is 5. The summed E-state index contributed by atoms with van der Waals surface area (Å²) in [6.45, 7) is 9.75. The molecule has 0 unspecified atom stereocenters. The Labute approximate surface area is 209 Å². The van der Waals surface area contributed by atoms with Crippen LogP contribution in [0.1, 0.15) is 68.4 Å². The minimum Gasteiger partial charge on any atom is -0.381 e. The maximum Gasteiger partial charge on any atom is 0.254 e. The zero-order chi connectivity index (χ0) is 24.9. The third kappa shape index (κ3) is 5.73. The van der Waals surface area contributed by atoms with E-state index in [9.17, 15) is 4.79 Å². The highest BCUT2D eigenvalue weighted by molar-refractivity contribution is 6.06. The first kappa shape index (κ1) is 25.3. The fraction of sp³-hybridized carbons (Fsp3) is 0.536. The Morgan fingerprint density at radius 1 is 1.20 bits per heavy atom. The lowest BCUT2D eigenvalue weighted by molar-refractivity contribution is 0.0363. The molecule has 0 saturated carbocycles. The van der Waals surface area contributed by atoms with E-state index >= 15 is 0 Å². The Morgan fingerprint density at radius 2 is 1.97 bits per heavy atom. The van der Waals surface area contributed by atoms with Crippen LogP contribution in [0, 0.1) is 0 Å². The Kier molecular flexibility index (Phi) is 8.19. The van der Waals surface area contributed by atoms with Gasteiger partial charge in [-0.05, 0) is 64.4 Å². The smallest absolute Gasteiger partial charge is 0.254 e. The lowest BCUT2D eigenvalue weighted by Crippen LogP contribution is -2.40. The van der Waals surface area contributed by atoms with Crippen LogP contribution in [0.25, 0.3) is 22.3 Å². The number of pyridine rings is 1. The number of amides is 1. The summed E-state index contributed by atoms with van der Waals surface area (Å²) in [6.07, 6.45) is 5.90. The molecule has 0 atom stereocenters. The largest absolute Gasteiger partial charge is 0.381 e. The van der Waals surface area contributed by atoms with Crippen molar-refractivity contribution in [2.75, 3.05) is 33.9 Å². The Balaban J connectivity index is 1.73. The summed E-state index contributed by atoms with van der Waals surface area (Å²) in [4.78, 5) is 23.0. The molecule has 1 aliphatic heterocycles. The van der Waals surface area contributed by atoms with E-state index in [2.05, 4.69) is 62.1 Å². The van der Waals surface area contributed by atoms with Crippen molar-refractivity contribution in [2.45, 2.75) is 65.1 Å². The second-order valence-electron chi connectivity index (χ2n) is 10.0. The molecule has 1 amide bonds. The molecule has 0 N–H and O–H groups in total. The summed E-state index contributed by atoms with van der Waals surface area (Å²) in [5, 5.41) is 5.39. The molecule has 188 valence electrons. The predicted molar refractivity (Wildman–Crippen MR) is 141 cm³/mol. The van der Waals surface area contributed by atoms with Crippen LogP contribution in [-0.2, 0) is 11.3 Å². The molecule has 3 heterocycles. The molecular formula is C28H39N5O2. The van der Waals surface area contributed by atoms with Gasteiger partial charge in [-0.25, -0.2) is 9.67 Å². The van der Waals surface area contributed by atoms with Gasteiger partial charge in [0, 0.05) is 44.5 Å². The van der Waals surface area contributed by atoms with Crippen LogP contribution in [0.5, 0.6) is 0 Å². The van der Waals surface area contributed by atoms with Gasteiger partial charge in [0.05, 0.1) is 22.8 Å². The average Bonchev–Trinajstić information content (AvgIpc) is 3.31. The molecule has 7 nitrogen and oxygen atoms in total. The van der Waals surface area contributed by atoms with E-state index in [4.69, 9.17) is 9.72 Å². The number of fused-ring (bicyclic) bond motifs is 1. The van der Waals surface area contributed by atoms with Crippen LogP contribution in [0.4, 0.5) is 0 Å². The van der Waals surface area contributed by atoms with Crippen molar-refractivity contribution in [3.8, 4) is 11.3 Å². The molecular weight excluding hydrogens is 438 g/mol. The number of nitrogens with zero attached hydrogens (tertiary/aromatic N) is 5. The molecule has 2 aromatic heterocycles. The van der Waals surface area contributed by atoms with Gasteiger partial charge >= 0.3 is 0 Å². The second-order valence-corrected chi connectivity index (χ2v) is 10.0. The molecule has 0 aliphatic carbocycles. The number of benzene rings is 1. The first-order chi connectivity index (χ1) is 16.9. The minimum absolute atomic E-state index is 0.0179. The van der Waals surface area contributed by atoms with Crippen LogP contribution in [-0.4, -0.2) is 70.4 Å². The number of ether oxygens (including phenoxy) is 1. The summed E-state index contributed by atoms with van der Waals surface area (Å²) in [7, 11) is 4.07. The molecule has 1 fully saturated rings. The molecule has 0 spiro atoms. The highest BCUT2D eigenvalue weighted by Crippen LogP contribution is 2.29. The van der Waals surface area contributed by atoms with Crippen molar-refractivity contribution in [1.29, 1.82) is 0 Å². The van der Waals surface area contributed by atoms with Crippen LogP contribution in [0.15, 0.2) is 36.5 Å². The molecule has 4 rings (SSSR count). The van der Waals surface area contributed by atoms with Crippen molar-refractivity contribution in [3.05, 3.63) is 47.7 Å². The maximum absolute atomic E-state index is 13.7. The molecule has 35 heavy (non-hydrogen) atoms. The average molecular weight is 478 g/mol. The van der Waals surface area contributed by atoms with Gasteiger partial charge in [0.15, 0.2) is 5.65 Å². The van der Waals surface area contributed by atoms with Crippen LogP contribution in [0.2, 0.25) is 0 Å². The van der Waals surface area contributed by atoms with Crippen molar-refractivity contribution < 1.29 is 9.53 Å². The normalized spacial score (nSPS) is 14.8. The lowest BCUT2D eigenvalue weighted by Gasteiger charge is -2.31. The molecule has 0 bridgehead atoms. The SMILES string of the molecule is CCCCN(C)Cc1cccc(-c2cc(C(=O)N(C)C3CCOCC3)c3cnn(C(C)C)c3n2)c1. The van der Waals surface area contributed by atoms with Crippen LogP contribution < -0.4 is 0 Å². The van der Waals surface area contributed by atoms with E-state index in [0.717, 1.165) is 48.2 Å². The number of unbranched alkanes of at least 4 members (excludes halogenated alkanes) is 1. The van der Waals surface area contributed by atoms with Crippen molar-refractivity contribution in [1.82, 2.24) is 24.6 Å². The van der Waals surface area contributed by atoms with Gasteiger partial charge in [-0.2, -0.15) is 5.10 Å². The van der Waals surface area contributed by atoms with Crippen LogP contribution in [0.3, 0.4) is 0 Å². The van der Waals surface area contributed by atoms with E-state index in [0.29, 0.717) is 18.8 Å². The molecule has 1 aromatic carbocycles. The quantitative estimate of drug-likeness (QED) is 0.426. The summed E-state index contributed by atoms with van der Waals surface area (Å²) >= 11 is 0. The predicted octanol–water partition coefficient (Wildman–Crippen LogP) is 5.16. The van der Waals surface area contributed by atoms with Gasteiger partial charge in [-0.3, -0.25) is 4.79 Å². The second kappa shape index (κ2) is 11.3. The van der Waals surface area contributed by atoms with Gasteiger partial charge < -0.3 is 14.5 Å². The standard InChI is InChI=1S/C28H39N5O2/c1-6-7-13-31(4)19-21-9-8-10-22(16-21)26-17-24(25-18-29-33(20(2)3)27(25)30-26)28(34)32(5)23-11-14-35-15-12-23/h8-10,16-18,20,23H,6-7,11-15,19H2,1-5H3. The third-order valence-electron chi connectivity index (χ3n) is 6.91. The van der Waals surface area contributed by atoms with Crippen molar-refractivity contribution >= 4 is 16.9 Å². The Morgan fingerprint density at radius 3 is 2.69 bits per heavy atom. The number of rotatable bonds is 9. The molecule has 3 aromatic rings. The number of aromatic nitrogens is 3. The number of hydrogen-bond donors (Lipinski definition) is 0. The van der Waals surface area contributed by atoms with Crippen LogP contribution >= 0.6 is 0 Å². The van der Waals surface area contributed by atoms with Gasteiger partial charge in [0.2, 0.25) is 0 Å². The number of carbonyl (C=O) groups is 1. The van der Waals surface area contributed by atoms with E-state index in [1.54, 1.807) is 6.20 Å². The molecule has 0 radical (unpaired) electrons. The topological polar surface area (TPSA) is 63.5 Å². The van der Waals surface area contributed by atoms with Gasteiger partial charge in [0.25, 0.3) is 5.91 Å². The highest BCUT2D eigenvalue weighted by atomic mass is 16.5. The minimum atomic E-state index is 0.0179. The lowest BCUT2D eigenvalue weighted by atomic mass is 10.0. The highest BCUT2D eigenvalue weighted by Gasteiger charge is 2.26. The fourth-order valence-corrected chi connectivity index (χ4v) is 4.80. The van der Waals surface area contributed by atoms with E-state index in [1.165, 1.54) is 18.4 Å². The molecule has 1 saturated heterocycles. The summed E-state index contributed by atoms with van der Waals surface area (Å²) in [5.74, 6) is 0.0179.